The summed E-state index contributed by atoms with van der Waals surface area (Å²) in [6.07, 6.45) is 1.11. The van der Waals surface area contributed by atoms with E-state index < -0.39 is 4.92 Å². The van der Waals surface area contributed by atoms with Crippen LogP contribution in [0.1, 0.15) is 30.6 Å². The number of benzene rings is 2. The zero-order valence-electron chi connectivity index (χ0n) is 15.2. The number of ether oxygens (including phenoxy) is 1. The van der Waals surface area contributed by atoms with Crippen molar-refractivity contribution in [3.63, 3.8) is 0 Å². The smallest absolute Gasteiger partial charge is 0.313 e. The normalized spacial score (nSPS) is 19.6. The molecule has 0 spiro atoms. The summed E-state index contributed by atoms with van der Waals surface area (Å²) in [5.41, 5.74) is 0.265. The van der Waals surface area contributed by atoms with Gasteiger partial charge in [0.25, 0.3) is 5.91 Å². The molecular formula is C20H21ClN2O4. The third-order valence-corrected chi connectivity index (χ3v) is 4.90. The average molecular weight is 389 g/mol. The number of nitrogens with zero attached hydrogens (tertiary/aromatic N) is 2. The Hall–Kier alpha value is -2.60. The van der Waals surface area contributed by atoms with E-state index in [1.54, 1.807) is 24.3 Å². The Balaban J connectivity index is 1.85. The first-order valence-electron chi connectivity index (χ1n) is 8.85. The summed E-state index contributed by atoms with van der Waals surface area (Å²) in [5, 5.41) is 11.4. The van der Waals surface area contributed by atoms with Gasteiger partial charge in [0.05, 0.1) is 9.95 Å². The Kier molecular flexibility index (Phi) is 5.65. The van der Waals surface area contributed by atoms with Crippen molar-refractivity contribution in [3.05, 3.63) is 63.2 Å². The molecule has 0 aliphatic carbocycles. The van der Waals surface area contributed by atoms with E-state index in [4.69, 9.17) is 16.3 Å². The van der Waals surface area contributed by atoms with Gasteiger partial charge in [-0.15, -0.1) is 0 Å². The largest absolute Gasteiger partial charge is 0.449 e. The fraction of sp³-hybridized carbons (Fsp3) is 0.350. The quantitative estimate of drug-likeness (QED) is 0.535. The highest BCUT2D eigenvalue weighted by Crippen LogP contribution is 2.38. The number of rotatable bonds is 4. The van der Waals surface area contributed by atoms with Crippen LogP contribution in [0, 0.1) is 22.0 Å². The van der Waals surface area contributed by atoms with Crippen LogP contribution in [0.15, 0.2) is 42.5 Å². The predicted molar refractivity (Wildman–Crippen MR) is 103 cm³/mol. The van der Waals surface area contributed by atoms with Gasteiger partial charge in [-0.05, 0) is 42.5 Å². The van der Waals surface area contributed by atoms with Crippen molar-refractivity contribution < 1.29 is 14.5 Å². The number of amides is 1. The molecule has 1 fully saturated rings. The molecule has 1 aliphatic rings. The molecule has 1 saturated heterocycles. The molecule has 0 bridgehead atoms. The number of nitro benzene ring substituents is 1. The van der Waals surface area contributed by atoms with Crippen molar-refractivity contribution in [2.45, 2.75) is 20.3 Å². The van der Waals surface area contributed by atoms with Crippen LogP contribution in [0.5, 0.6) is 11.5 Å². The second-order valence-corrected chi connectivity index (χ2v) is 7.54. The van der Waals surface area contributed by atoms with Crippen molar-refractivity contribution in [2.24, 2.45) is 11.8 Å². The predicted octanol–water partition coefficient (Wildman–Crippen LogP) is 5.16. The molecule has 6 nitrogen and oxygen atoms in total. The van der Waals surface area contributed by atoms with Gasteiger partial charge in [-0.3, -0.25) is 14.9 Å². The second-order valence-electron chi connectivity index (χ2n) is 7.13. The van der Waals surface area contributed by atoms with Gasteiger partial charge < -0.3 is 9.64 Å². The number of halogens is 1. The van der Waals surface area contributed by atoms with Gasteiger partial charge in [-0.1, -0.05) is 37.6 Å². The van der Waals surface area contributed by atoms with Crippen LogP contribution in [0.3, 0.4) is 0 Å². The number of nitro groups is 1. The zero-order valence-corrected chi connectivity index (χ0v) is 16.0. The summed E-state index contributed by atoms with van der Waals surface area (Å²) in [6.45, 7) is 5.74. The van der Waals surface area contributed by atoms with Crippen LogP contribution < -0.4 is 4.74 Å². The Morgan fingerprint density at radius 1 is 1.19 bits per heavy atom. The fourth-order valence-corrected chi connectivity index (χ4v) is 3.77. The molecule has 1 aliphatic heterocycles. The van der Waals surface area contributed by atoms with Crippen LogP contribution in [-0.2, 0) is 0 Å². The van der Waals surface area contributed by atoms with Gasteiger partial charge in [-0.25, -0.2) is 0 Å². The maximum absolute atomic E-state index is 12.9. The van der Waals surface area contributed by atoms with Gasteiger partial charge >= 0.3 is 5.69 Å². The average Bonchev–Trinajstić information content (AvgIpc) is 2.62. The van der Waals surface area contributed by atoms with E-state index in [0.29, 0.717) is 23.1 Å². The van der Waals surface area contributed by atoms with Crippen molar-refractivity contribution >= 4 is 23.2 Å². The maximum atomic E-state index is 12.9. The molecule has 7 heteroatoms. The van der Waals surface area contributed by atoms with Gasteiger partial charge in [0, 0.05) is 24.7 Å². The second kappa shape index (κ2) is 7.96. The number of carbonyl (C=O) groups is 1. The molecule has 27 heavy (non-hydrogen) atoms. The Labute approximate surface area is 162 Å². The molecule has 3 rings (SSSR count). The summed E-state index contributed by atoms with van der Waals surface area (Å²) in [5.74, 6) is 1.16. The highest BCUT2D eigenvalue weighted by Gasteiger charge is 2.26. The number of piperidine rings is 1. The molecular weight excluding hydrogens is 368 g/mol. The summed E-state index contributed by atoms with van der Waals surface area (Å²) in [4.78, 5) is 25.4. The lowest BCUT2D eigenvalue weighted by Crippen LogP contribution is -2.42. The number of hydrogen-bond acceptors (Lipinski definition) is 4. The topological polar surface area (TPSA) is 72.7 Å². The van der Waals surface area contributed by atoms with Crippen molar-refractivity contribution in [2.75, 3.05) is 13.1 Å². The van der Waals surface area contributed by atoms with Crippen molar-refractivity contribution in [3.8, 4) is 11.5 Å². The van der Waals surface area contributed by atoms with E-state index in [-0.39, 0.29) is 22.4 Å². The minimum Gasteiger partial charge on any atom is -0.449 e. The summed E-state index contributed by atoms with van der Waals surface area (Å²) >= 11 is 6.07. The monoisotopic (exact) mass is 388 g/mol. The molecule has 2 aromatic rings. The van der Waals surface area contributed by atoms with Gasteiger partial charge in [0.2, 0.25) is 5.75 Å². The fourth-order valence-electron chi connectivity index (χ4n) is 3.56. The van der Waals surface area contributed by atoms with Gasteiger partial charge in [0.1, 0.15) is 5.75 Å². The van der Waals surface area contributed by atoms with Crippen LogP contribution in [0.25, 0.3) is 0 Å². The maximum Gasteiger partial charge on any atom is 0.313 e. The Bertz CT molecular complexity index is 861. The summed E-state index contributed by atoms with van der Waals surface area (Å²) in [7, 11) is 0. The standard InChI is InChI=1S/C20H21ClN2O4/c1-13-9-14(2)12-22(11-13)20(24)15-5-3-6-16(10-15)27-19-17(21)7-4-8-18(19)23(25)26/h3-8,10,13-14H,9,11-12H2,1-2H3/t13-,14+. The third-order valence-electron chi connectivity index (χ3n) is 4.60. The third kappa shape index (κ3) is 4.39. The van der Waals surface area contributed by atoms with E-state index in [2.05, 4.69) is 13.8 Å². The molecule has 1 heterocycles. The molecule has 2 aromatic carbocycles. The zero-order chi connectivity index (χ0) is 19.6. The molecule has 0 aromatic heterocycles. The first-order chi connectivity index (χ1) is 12.8. The highest BCUT2D eigenvalue weighted by molar-refractivity contribution is 6.32. The SMILES string of the molecule is C[C@@H]1C[C@H](C)CN(C(=O)c2cccc(Oc3c(Cl)cccc3[N+](=O)[O-])c2)C1. The van der Waals surface area contributed by atoms with Gasteiger partial charge in [-0.2, -0.15) is 0 Å². The molecule has 0 N–H and O–H groups in total. The minimum absolute atomic E-state index is 0.0333. The lowest BCUT2D eigenvalue weighted by Gasteiger charge is -2.35. The van der Waals surface area contributed by atoms with Crippen molar-refractivity contribution in [1.82, 2.24) is 4.90 Å². The van der Waals surface area contributed by atoms with E-state index in [1.165, 1.54) is 18.2 Å². The first-order valence-corrected chi connectivity index (χ1v) is 9.23. The molecule has 0 unspecified atom stereocenters. The van der Waals surface area contributed by atoms with E-state index in [9.17, 15) is 14.9 Å². The lowest BCUT2D eigenvalue weighted by atomic mass is 9.91. The van der Waals surface area contributed by atoms with Crippen LogP contribution >= 0.6 is 11.6 Å². The van der Waals surface area contributed by atoms with Gasteiger partial charge in [0.15, 0.2) is 0 Å². The van der Waals surface area contributed by atoms with Crippen LogP contribution in [0.4, 0.5) is 5.69 Å². The molecule has 0 saturated carbocycles. The van der Waals surface area contributed by atoms with E-state index in [0.717, 1.165) is 19.5 Å². The Morgan fingerprint density at radius 2 is 1.85 bits per heavy atom. The van der Waals surface area contributed by atoms with E-state index >= 15 is 0 Å². The minimum atomic E-state index is -0.549. The van der Waals surface area contributed by atoms with Crippen molar-refractivity contribution in [1.29, 1.82) is 0 Å². The van der Waals surface area contributed by atoms with Crippen LogP contribution in [0.2, 0.25) is 5.02 Å². The van der Waals surface area contributed by atoms with E-state index in [1.807, 2.05) is 4.90 Å². The number of likely N-dealkylation sites (tertiary alicyclic amines) is 1. The first kappa shape index (κ1) is 19.2. The molecule has 1 amide bonds. The molecule has 142 valence electrons. The number of hydrogen-bond donors (Lipinski definition) is 0. The van der Waals surface area contributed by atoms with Crippen LogP contribution in [-0.4, -0.2) is 28.8 Å². The number of para-hydroxylation sites is 1. The summed E-state index contributed by atoms with van der Waals surface area (Å²) in [6, 6.07) is 11.0. The summed E-state index contributed by atoms with van der Waals surface area (Å²) < 4.78 is 5.68. The Morgan fingerprint density at radius 3 is 2.52 bits per heavy atom. The number of carbonyl (C=O) groups excluding carboxylic acids is 1. The lowest BCUT2D eigenvalue weighted by molar-refractivity contribution is -0.385. The molecule has 2 atom stereocenters. The highest BCUT2D eigenvalue weighted by atomic mass is 35.5. The molecule has 0 radical (unpaired) electrons.